The summed E-state index contributed by atoms with van der Waals surface area (Å²) in [4.78, 5) is 25.1. The van der Waals surface area contributed by atoms with Gasteiger partial charge >= 0.3 is 0 Å². The minimum atomic E-state index is -0.472. The van der Waals surface area contributed by atoms with E-state index in [0.29, 0.717) is 28.1 Å². The Hall–Kier alpha value is -2.33. The Balaban J connectivity index is 1.68. The Kier molecular flexibility index (Phi) is 9.18. The smallest absolute Gasteiger partial charge is 0.253 e. The van der Waals surface area contributed by atoms with Crippen LogP contribution in [0, 0.1) is 6.92 Å². The lowest BCUT2D eigenvalue weighted by molar-refractivity contribution is -0.113. The fraction of sp³-hybridized carbons (Fsp3) is 0.217. The Morgan fingerprint density at radius 1 is 1.24 bits per heavy atom. The molecule has 0 bridgehead atoms. The molecule has 0 spiro atoms. The average Bonchev–Trinajstić information content (AvgIpc) is 3.17. The number of halogens is 3. The number of hydrogen-bond donors (Lipinski definition) is 2. The fourth-order valence-electron chi connectivity index (χ4n) is 3.09. The van der Waals surface area contributed by atoms with Crippen LogP contribution in [0.15, 0.2) is 58.7 Å². The van der Waals surface area contributed by atoms with Gasteiger partial charge in [0.2, 0.25) is 5.91 Å². The normalized spacial score (nSPS) is 11.7. The summed E-state index contributed by atoms with van der Waals surface area (Å²) in [5.74, 6) is 0.150. The molecule has 0 saturated carbocycles. The Labute approximate surface area is 220 Å². The van der Waals surface area contributed by atoms with E-state index in [0.717, 1.165) is 15.7 Å². The van der Waals surface area contributed by atoms with Crippen molar-refractivity contribution in [2.24, 2.45) is 0 Å². The SMILES string of the molecule is C=CCn1c(SCC(=O)Nc2ccc(Br)c(C)c2)nnc1[C@H](C)NC(=O)c1ccc(Cl)cc1Cl. The van der Waals surface area contributed by atoms with Gasteiger partial charge in [0.15, 0.2) is 11.0 Å². The Morgan fingerprint density at radius 3 is 2.68 bits per heavy atom. The molecule has 0 saturated heterocycles. The highest BCUT2D eigenvalue weighted by Crippen LogP contribution is 2.24. The summed E-state index contributed by atoms with van der Waals surface area (Å²) in [5.41, 5.74) is 2.05. The van der Waals surface area contributed by atoms with Crippen molar-refractivity contribution in [3.05, 3.63) is 80.5 Å². The number of benzene rings is 2. The van der Waals surface area contributed by atoms with Crippen LogP contribution in [-0.2, 0) is 11.3 Å². The number of anilines is 1. The molecule has 0 aliphatic heterocycles. The lowest BCUT2D eigenvalue weighted by Crippen LogP contribution is -2.29. The van der Waals surface area contributed by atoms with E-state index in [9.17, 15) is 9.59 Å². The van der Waals surface area contributed by atoms with Gasteiger partial charge < -0.3 is 15.2 Å². The third-order valence-corrected chi connectivity index (χ3v) is 7.15. The fourth-order valence-corrected chi connectivity index (χ4v) is 4.59. The van der Waals surface area contributed by atoms with E-state index >= 15 is 0 Å². The molecule has 3 rings (SSSR count). The average molecular weight is 583 g/mol. The van der Waals surface area contributed by atoms with Gasteiger partial charge in [0, 0.05) is 21.7 Å². The van der Waals surface area contributed by atoms with Gasteiger partial charge in [-0.3, -0.25) is 9.59 Å². The van der Waals surface area contributed by atoms with Crippen LogP contribution in [0.4, 0.5) is 5.69 Å². The van der Waals surface area contributed by atoms with Gasteiger partial charge in [-0.1, -0.05) is 57.0 Å². The van der Waals surface area contributed by atoms with E-state index in [1.54, 1.807) is 25.1 Å². The van der Waals surface area contributed by atoms with Gasteiger partial charge in [0.25, 0.3) is 5.91 Å². The molecule has 0 aliphatic carbocycles. The van der Waals surface area contributed by atoms with Gasteiger partial charge in [0.1, 0.15) is 0 Å². The molecule has 0 aliphatic rings. The highest BCUT2D eigenvalue weighted by atomic mass is 79.9. The summed E-state index contributed by atoms with van der Waals surface area (Å²) in [6.45, 7) is 7.95. The third-order valence-electron chi connectivity index (χ3n) is 4.74. The van der Waals surface area contributed by atoms with Crippen molar-refractivity contribution in [3.8, 4) is 0 Å². The Bertz CT molecular complexity index is 1230. The molecule has 1 heterocycles. The molecule has 1 aromatic heterocycles. The van der Waals surface area contributed by atoms with Crippen LogP contribution in [0.5, 0.6) is 0 Å². The summed E-state index contributed by atoms with van der Waals surface area (Å²) >= 11 is 16.8. The molecular formula is C23H22BrCl2N5O2S. The first kappa shape index (κ1) is 26.3. The number of allylic oxidation sites excluding steroid dienone is 1. The second-order valence-corrected chi connectivity index (χ2v) is 10.0. The number of thioether (sulfide) groups is 1. The minimum absolute atomic E-state index is 0.144. The Morgan fingerprint density at radius 2 is 2.00 bits per heavy atom. The topological polar surface area (TPSA) is 88.9 Å². The highest BCUT2D eigenvalue weighted by Gasteiger charge is 2.21. The van der Waals surface area contributed by atoms with E-state index in [2.05, 4.69) is 43.3 Å². The standard InChI is InChI=1S/C23H22BrCl2N5O2S/c1-4-9-31-21(14(3)27-22(33)17-7-5-15(25)11-19(17)26)29-30-23(31)34-12-20(32)28-16-6-8-18(24)13(2)10-16/h4-8,10-11,14H,1,9,12H2,2-3H3,(H,27,33)(H,28,32)/t14-/m0/s1. The number of rotatable bonds is 9. The molecule has 0 radical (unpaired) electrons. The van der Waals surface area contributed by atoms with Crippen LogP contribution >= 0.6 is 50.9 Å². The van der Waals surface area contributed by atoms with Gasteiger partial charge in [-0.05, 0) is 55.8 Å². The molecule has 3 aromatic rings. The van der Waals surface area contributed by atoms with Crippen LogP contribution in [0.1, 0.15) is 34.7 Å². The summed E-state index contributed by atoms with van der Waals surface area (Å²) in [7, 11) is 0. The predicted molar refractivity (Wildman–Crippen MR) is 141 cm³/mol. The molecule has 0 unspecified atom stereocenters. The number of aryl methyl sites for hydroxylation is 1. The van der Waals surface area contributed by atoms with Crippen LogP contribution < -0.4 is 10.6 Å². The first-order valence-electron chi connectivity index (χ1n) is 10.2. The monoisotopic (exact) mass is 581 g/mol. The van der Waals surface area contributed by atoms with Crippen LogP contribution in [-0.4, -0.2) is 32.3 Å². The largest absolute Gasteiger partial charge is 0.342 e. The van der Waals surface area contributed by atoms with Crippen molar-refractivity contribution in [3.63, 3.8) is 0 Å². The summed E-state index contributed by atoms with van der Waals surface area (Å²) < 4.78 is 2.79. The maximum Gasteiger partial charge on any atom is 0.253 e. The zero-order valence-corrected chi connectivity index (χ0v) is 22.4. The molecule has 34 heavy (non-hydrogen) atoms. The highest BCUT2D eigenvalue weighted by molar-refractivity contribution is 9.10. The molecular weight excluding hydrogens is 561 g/mol. The first-order chi connectivity index (χ1) is 16.2. The molecule has 1 atom stereocenters. The van der Waals surface area contributed by atoms with Crippen molar-refractivity contribution in [1.82, 2.24) is 20.1 Å². The van der Waals surface area contributed by atoms with Crippen molar-refractivity contribution in [1.29, 1.82) is 0 Å². The maximum atomic E-state index is 12.7. The van der Waals surface area contributed by atoms with Gasteiger partial charge in [-0.25, -0.2) is 0 Å². The lowest BCUT2D eigenvalue weighted by atomic mass is 10.2. The second kappa shape index (κ2) is 11.9. The van der Waals surface area contributed by atoms with Crippen molar-refractivity contribution in [2.45, 2.75) is 31.6 Å². The second-order valence-electron chi connectivity index (χ2n) is 7.36. The van der Waals surface area contributed by atoms with Crippen molar-refractivity contribution >= 4 is 68.4 Å². The predicted octanol–water partition coefficient (Wildman–Crippen LogP) is 6.06. The summed E-state index contributed by atoms with van der Waals surface area (Å²) in [6, 6.07) is 9.81. The van der Waals surface area contributed by atoms with Gasteiger partial charge in [-0.2, -0.15) is 0 Å². The number of nitrogens with one attached hydrogen (secondary N) is 2. The quantitative estimate of drug-likeness (QED) is 0.236. The number of carbonyl (C=O) groups excluding carboxylic acids is 2. The summed E-state index contributed by atoms with van der Waals surface area (Å²) in [6.07, 6.45) is 1.70. The molecule has 178 valence electrons. The van der Waals surface area contributed by atoms with Crippen molar-refractivity contribution < 1.29 is 9.59 Å². The van der Waals surface area contributed by atoms with E-state index < -0.39 is 6.04 Å². The number of hydrogen-bond acceptors (Lipinski definition) is 5. The molecule has 0 fully saturated rings. The van der Waals surface area contributed by atoms with E-state index in [-0.39, 0.29) is 22.6 Å². The minimum Gasteiger partial charge on any atom is -0.342 e. The number of nitrogens with zero attached hydrogens (tertiary/aromatic N) is 3. The molecule has 2 amide bonds. The van der Waals surface area contributed by atoms with Crippen LogP contribution in [0.3, 0.4) is 0 Å². The van der Waals surface area contributed by atoms with E-state index in [4.69, 9.17) is 23.2 Å². The maximum absolute atomic E-state index is 12.7. The van der Waals surface area contributed by atoms with E-state index in [1.165, 1.54) is 17.8 Å². The zero-order chi connectivity index (χ0) is 24.8. The van der Waals surface area contributed by atoms with Gasteiger partial charge in [-0.15, -0.1) is 16.8 Å². The van der Waals surface area contributed by atoms with E-state index in [1.807, 2.05) is 29.7 Å². The lowest BCUT2D eigenvalue weighted by Gasteiger charge is -2.16. The summed E-state index contributed by atoms with van der Waals surface area (Å²) in [5, 5.41) is 15.5. The third kappa shape index (κ3) is 6.63. The van der Waals surface area contributed by atoms with Gasteiger partial charge in [0.05, 0.1) is 22.4 Å². The van der Waals surface area contributed by atoms with Crippen molar-refractivity contribution in [2.75, 3.05) is 11.1 Å². The number of carbonyl (C=O) groups is 2. The molecule has 2 N–H and O–H groups in total. The van der Waals surface area contributed by atoms with Crippen LogP contribution in [0.2, 0.25) is 10.0 Å². The molecule has 11 heteroatoms. The number of aromatic nitrogens is 3. The number of amides is 2. The first-order valence-corrected chi connectivity index (χ1v) is 12.7. The molecule has 2 aromatic carbocycles. The zero-order valence-electron chi connectivity index (χ0n) is 18.4. The molecule has 7 nitrogen and oxygen atoms in total. The van der Waals surface area contributed by atoms with Crippen LogP contribution in [0.25, 0.3) is 0 Å².